The quantitative estimate of drug-likeness (QED) is 0.870. The summed E-state index contributed by atoms with van der Waals surface area (Å²) in [6, 6.07) is 10.1. The highest BCUT2D eigenvalue weighted by atomic mass is 79.9. The van der Waals surface area contributed by atoms with Crippen LogP contribution in [-0.4, -0.2) is 23.1 Å². The monoisotopic (exact) mass is 332 g/mol. The molecule has 1 aliphatic heterocycles. The van der Waals surface area contributed by atoms with Crippen molar-refractivity contribution in [3.8, 4) is 0 Å². The zero-order valence-corrected chi connectivity index (χ0v) is 12.8. The molecule has 2 aromatic heterocycles. The second-order valence-corrected chi connectivity index (χ2v) is 5.72. The molecule has 0 aromatic carbocycles. The molecule has 4 nitrogen and oxygen atoms in total. The van der Waals surface area contributed by atoms with Gasteiger partial charge in [-0.05, 0) is 53.0 Å². The van der Waals surface area contributed by atoms with Crippen molar-refractivity contribution in [2.75, 3.05) is 23.3 Å². The van der Waals surface area contributed by atoms with Gasteiger partial charge in [-0.25, -0.2) is 9.97 Å². The van der Waals surface area contributed by atoms with Crippen LogP contribution in [-0.2, 0) is 6.54 Å². The molecule has 1 N–H and O–H groups in total. The van der Waals surface area contributed by atoms with Crippen molar-refractivity contribution in [2.24, 2.45) is 0 Å². The van der Waals surface area contributed by atoms with Crippen molar-refractivity contribution < 1.29 is 0 Å². The Morgan fingerprint density at radius 3 is 2.70 bits per heavy atom. The van der Waals surface area contributed by atoms with Gasteiger partial charge in [0.1, 0.15) is 10.4 Å². The van der Waals surface area contributed by atoms with Crippen molar-refractivity contribution in [2.45, 2.75) is 19.4 Å². The van der Waals surface area contributed by atoms with E-state index in [1.807, 2.05) is 24.4 Å². The third-order valence-electron chi connectivity index (χ3n) is 3.42. The molecule has 0 amide bonds. The minimum Gasteiger partial charge on any atom is -0.378 e. The van der Waals surface area contributed by atoms with Gasteiger partial charge in [0.05, 0.1) is 24.1 Å². The van der Waals surface area contributed by atoms with Crippen LogP contribution in [0.4, 0.5) is 11.5 Å². The lowest BCUT2D eigenvalue weighted by Gasteiger charge is -2.16. The smallest absolute Gasteiger partial charge is 0.128 e. The predicted molar refractivity (Wildman–Crippen MR) is 84.9 cm³/mol. The standard InChI is InChI=1S/C15H17BrN4/c16-14-5-3-4-13(19-14)11-17-12-6-7-15(18-10-12)20-8-1-2-9-20/h3-7,10,17H,1-2,8-9,11H2. The van der Waals surface area contributed by atoms with E-state index in [2.05, 4.69) is 48.2 Å². The van der Waals surface area contributed by atoms with Crippen LogP contribution >= 0.6 is 15.9 Å². The summed E-state index contributed by atoms with van der Waals surface area (Å²) < 4.78 is 0.860. The van der Waals surface area contributed by atoms with E-state index in [0.717, 1.165) is 34.9 Å². The molecule has 3 rings (SSSR count). The summed E-state index contributed by atoms with van der Waals surface area (Å²) in [4.78, 5) is 11.3. The van der Waals surface area contributed by atoms with Crippen molar-refractivity contribution in [3.05, 3.63) is 46.8 Å². The topological polar surface area (TPSA) is 41.0 Å². The number of nitrogens with zero attached hydrogens (tertiary/aromatic N) is 3. The number of hydrogen-bond acceptors (Lipinski definition) is 4. The van der Waals surface area contributed by atoms with Crippen LogP contribution in [0.3, 0.4) is 0 Å². The molecule has 0 atom stereocenters. The van der Waals surface area contributed by atoms with Gasteiger partial charge >= 0.3 is 0 Å². The zero-order chi connectivity index (χ0) is 13.8. The molecule has 0 spiro atoms. The molecule has 20 heavy (non-hydrogen) atoms. The van der Waals surface area contributed by atoms with E-state index in [9.17, 15) is 0 Å². The lowest BCUT2D eigenvalue weighted by Crippen LogP contribution is -2.18. The number of halogens is 1. The second kappa shape index (κ2) is 6.22. The first-order chi connectivity index (χ1) is 9.81. The first-order valence-corrected chi connectivity index (χ1v) is 7.67. The summed E-state index contributed by atoms with van der Waals surface area (Å²) in [5, 5.41) is 3.34. The summed E-state index contributed by atoms with van der Waals surface area (Å²) in [5.74, 6) is 1.08. The van der Waals surface area contributed by atoms with Gasteiger partial charge in [-0.2, -0.15) is 0 Å². The summed E-state index contributed by atoms with van der Waals surface area (Å²) >= 11 is 3.38. The fourth-order valence-electron chi connectivity index (χ4n) is 2.37. The molecule has 0 bridgehead atoms. The molecule has 104 valence electrons. The Kier molecular flexibility index (Phi) is 4.16. The average Bonchev–Trinajstić information content (AvgIpc) is 3.00. The van der Waals surface area contributed by atoms with Crippen molar-refractivity contribution in [1.82, 2.24) is 9.97 Å². The Morgan fingerprint density at radius 2 is 2.00 bits per heavy atom. The van der Waals surface area contributed by atoms with Crippen molar-refractivity contribution in [3.63, 3.8) is 0 Å². The number of nitrogens with one attached hydrogen (secondary N) is 1. The minimum atomic E-state index is 0.699. The van der Waals surface area contributed by atoms with E-state index in [0.29, 0.717) is 6.54 Å². The number of hydrogen-bond donors (Lipinski definition) is 1. The number of rotatable bonds is 4. The molecular formula is C15H17BrN4. The lowest BCUT2D eigenvalue weighted by molar-refractivity contribution is 0.936. The largest absolute Gasteiger partial charge is 0.378 e. The van der Waals surface area contributed by atoms with E-state index < -0.39 is 0 Å². The van der Waals surface area contributed by atoms with Gasteiger partial charge in [0.2, 0.25) is 0 Å². The first-order valence-electron chi connectivity index (χ1n) is 6.87. The summed E-state index contributed by atoms with van der Waals surface area (Å²) in [5.41, 5.74) is 2.03. The molecule has 1 aliphatic rings. The van der Waals surface area contributed by atoms with Gasteiger partial charge in [-0.3, -0.25) is 0 Å². The van der Waals surface area contributed by atoms with Crippen LogP contribution in [0.2, 0.25) is 0 Å². The highest BCUT2D eigenvalue weighted by Crippen LogP contribution is 2.19. The van der Waals surface area contributed by atoms with E-state index in [-0.39, 0.29) is 0 Å². The number of aromatic nitrogens is 2. The van der Waals surface area contributed by atoms with Gasteiger partial charge in [-0.15, -0.1) is 0 Å². The molecule has 0 aliphatic carbocycles. The molecule has 0 saturated carbocycles. The van der Waals surface area contributed by atoms with E-state index >= 15 is 0 Å². The lowest BCUT2D eigenvalue weighted by atomic mass is 10.3. The highest BCUT2D eigenvalue weighted by molar-refractivity contribution is 9.10. The average molecular weight is 333 g/mol. The van der Waals surface area contributed by atoms with Gasteiger partial charge in [0.25, 0.3) is 0 Å². The molecule has 5 heteroatoms. The van der Waals surface area contributed by atoms with Gasteiger partial charge < -0.3 is 10.2 Å². The van der Waals surface area contributed by atoms with Crippen LogP contribution in [0.1, 0.15) is 18.5 Å². The Morgan fingerprint density at radius 1 is 1.15 bits per heavy atom. The number of pyridine rings is 2. The molecule has 1 saturated heterocycles. The van der Waals surface area contributed by atoms with Crippen LogP contribution < -0.4 is 10.2 Å². The highest BCUT2D eigenvalue weighted by Gasteiger charge is 2.12. The Hall–Kier alpha value is -1.62. The molecule has 0 radical (unpaired) electrons. The Bertz CT molecular complexity index is 564. The molecule has 2 aromatic rings. The Labute approximate surface area is 127 Å². The van der Waals surface area contributed by atoms with Gasteiger partial charge in [0.15, 0.2) is 0 Å². The predicted octanol–water partition coefficient (Wildman–Crippen LogP) is 3.45. The van der Waals surface area contributed by atoms with E-state index in [1.54, 1.807) is 0 Å². The zero-order valence-electron chi connectivity index (χ0n) is 11.2. The maximum Gasteiger partial charge on any atom is 0.128 e. The molecule has 0 unspecified atom stereocenters. The molecule has 3 heterocycles. The maximum atomic E-state index is 4.52. The van der Waals surface area contributed by atoms with E-state index in [1.165, 1.54) is 12.8 Å². The second-order valence-electron chi connectivity index (χ2n) is 4.90. The van der Waals surface area contributed by atoms with E-state index in [4.69, 9.17) is 0 Å². The van der Waals surface area contributed by atoms with Gasteiger partial charge in [0, 0.05) is 13.1 Å². The molecular weight excluding hydrogens is 316 g/mol. The summed E-state index contributed by atoms with van der Waals surface area (Å²) in [7, 11) is 0. The minimum absolute atomic E-state index is 0.699. The van der Waals surface area contributed by atoms with Crippen molar-refractivity contribution in [1.29, 1.82) is 0 Å². The third kappa shape index (κ3) is 3.28. The summed E-state index contributed by atoms with van der Waals surface area (Å²) in [6.45, 7) is 2.95. The fourth-order valence-corrected chi connectivity index (χ4v) is 2.75. The SMILES string of the molecule is Brc1cccc(CNc2ccc(N3CCCC3)nc2)n1. The normalized spacial score (nSPS) is 14.6. The first kappa shape index (κ1) is 13.4. The Balaban J connectivity index is 1.60. The van der Waals surface area contributed by atoms with Crippen LogP contribution in [0.15, 0.2) is 41.1 Å². The van der Waals surface area contributed by atoms with Crippen LogP contribution in [0.5, 0.6) is 0 Å². The fraction of sp³-hybridized carbons (Fsp3) is 0.333. The maximum absolute atomic E-state index is 4.52. The van der Waals surface area contributed by atoms with Gasteiger partial charge in [-0.1, -0.05) is 6.07 Å². The third-order valence-corrected chi connectivity index (χ3v) is 3.87. The van der Waals surface area contributed by atoms with Crippen molar-refractivity contribution >= 4 is 27.4 Å². The number of anilines is 2. The summed E-state index contributed by atoms with van der Waals surface area (Å²) in [6.07, 6.45) is 4.44. The van der Waals surface area contributed by atoms with Crippen LogP contribution in [0.25, 0.3) is 0 Å². The molecule has 1 fully saturated rings. The van der Waals surface area contributed by atoms with Crippen LogP contribution in [0, 0.1) is 0 Å².